The SMILES string of the molecule is C=CCOC(CN1CCN(c2ccc(C)cc2C)CC1)CN1C(=O)c2ccc3oc(=O)c(=O)oc3c2C1=O. The average Bonchev–Trinajstić information content (AvgIpc) is 3.13. The van der Waals surface area contributed by atoms with Gasteiger partial charge in [0, 0.05) is 38.4 Å². The summed E-state index contributed by atoms with van der Waals surface area (Å²) >= 11 is 0. The zero-order valence-electron chi connectivity index (χ0n) is 21.4. The first-order valence-corrected chi connectivity index (χ1v) is 12.5. The van der Waals surface area contributed by atoms with Crippen LogP contribution in [0.5, 0.6) is 0 Å². The normalized spacial score (nSPS) is 16.8. The Morgan fingerprint density at radius 3 is 2.39 bits per heavy atom. The number of rotatable bonds is 8. The number of carbonyl (C=O) groups excluding carboxylic acids is 2. The first kappa shape index (κ1) is 25.6. The second kappa shape index (κ2) is 10.4. The van der Waals surface area contributed by atoms with Gasteiger partial charge in [-0.25, -0.2) is 9.59 Å². The number of aryl methyl sites for hydroxylation is 2. The van der Waals surface area contributed by atoms with E-state index in [0.29, 0.717) is 6.54 Å². The Labute approximate surface area is 218 Å². The Bertz CT molecular complexity index is 1530. The number of anilines is 1. The fraction of sp³-hybridized carbons (Fsp3) is 0.357. The van der Waals surface area contributed by atoms with E-state index in [1.165, 1.54) is 28.9 Å². The van der Waals surface area contributed by atoms with Crippen LogP contribution in [0.3, 0.4) is 0 Å². The maximum atomic E-state index is 13.3. The fourth-order valence-electron chi connectivity index (χ4n) is 5.14. The third kappa shape index (κ3) is 4.80. The van der Waals surface area contributed by atoms with Gasteiger partial charge in [-0.3, -0.25) is 19.4 Å². The molecule has 2 aliphatic rings. The van der Waals surface area contributed by atoms with Crippen LogP contribution in [-0.2, 0) is 4.74 Å². The summed E-state index contributed by atoms with van der Waals surface area (Å²) in [6.45, 7) is 12.0. The zero-order chi connectivity index (χ0) is 27.0. The Hall–Kier alpha value is -4.02. The Balaban J connectivity index is 1.30. The molecule has 1 atom stereocenters. The summed E-state index contributed by atoms with van der Waals surface area (Å²) < 4.78 is 15.9. The van der Waals surface area contributed by atoms with Gasteiger partial charge in [0.25, 0.3) is 11.8 Å². The average molecular weight is 520 g/mol. The molecule has 3 aromatic rings. The molecule has 38 heavy (non-hydrogen) atoms. The fourth-order valence-corrected chi connectivity index (χ4v) is 5.14. The van der Waals surface area contributed by atoms with Crippen LogP contribution in [0, 0.1) is 13.8 Å². The number of piperazine rings is 1. The molecule has 1 fully saturated rings. The summed E-state index contributed by atoms with van der Waals surface area (Å²) in [5.74, 6) is -1.15. The molecule has 198 valence electrons. The summed E-state index contributed by atoms with van der Waals surface area (Å²) in [6.07, 6.45) is 1.16. The standard InChI is InChI=1S/C28H29N3O7/c1-4-13-36-19(15-29-9-11-30(12-10-29)21-7-5-17(2)14-18(21)3)16-31-25(32)20-6-8-22-24(23(20)26(31)33)38-28(35)27(34)37-22/h4-8,14,19H,1,9-13,15-16H2,2-3H3. The van der Waals surface area contributed by atoms with Crippen molar-refractivity contribution in [3.8, 4) is 0 Å². The molecular formula is C28H29N3O7. The van der Waals surface area contributed by atoms with Gasteiger partial charge >= 0.3 is 11.3 Å². The van der Waals surface area contributed by atoms with Crippen molar-refractivity contribution in [2.24, 2.45) is 0 Å². The topological polar surface area (TPSA) is 114 Å². The minimum Gasteiger partial charge on any atom is -0.414 e. The van der Waals surface area contributed by atoms with E-state index < -0.39 is 29.2 Å². The van der Waals surface area contributed by atoms with E-state index in [4.69, 9.17) is 13.6 Å². The molecule has 0 spiro atoms. The van der Waals surface area contributed by atoms with E-state index in [0.717, 1.165) is 31.1 Å². The second-order valence-corrected chi connectivity index (χ2v) is 9.64. The number of amides is 2. The summed E-state index contributed by atoms with van der Waals surface area (Å²) in [7, 11) is 0. The second-order valence-electron chi connectivity index (χ2n) is 9.64. The summed E-state index contributed by atoms with van der Waals surface area (Å²) in [4.78, 5) is 55.5. The maximum Gasteiger partial charge on any atom is 0.423 e. The number of hydrogen-bond acceptors (Lipinski definition) is 9. The van der Waals surface area contributed by atoms with Crippen LogP contribution in [-0.4, -0.2) is 73.6 Å². The molecule has 1 saturated heterocycles. The van der Waals surface area contributed by atoms with Crippen molar-refractivity contribution in [2.75, 3.05) is 50.8 Å². The molecule has 2 aromatic carbocycles. The minimum atomic E-state index is -1.24. The molecule has 0 N–H and O–H groups in total. The lowest BCUT2D eigenvalue weighted by atomic mass is 10.1. The molecule has 1 aromatic heterocycles. The van der Waals surface area contributed by atoms with Crippen LogP contribution in [0.25, 0.3) is 11.2 Å². The van der Waals surface area contributed by atoms with E-state index in [1.807, 2.05) is 0 Å². The molecule has 1 unspecified atom stereocenters. The molecule has 2 aliphatic heterocycles. The van der Waals surface area contributed by atoms with E-state index in [-0.39, 0.29) is 35.4 Å². The van der Waals surface area contributed by atoms with Crippen LogP contribution in [0.1, 0.15) is 31.8 Å². The third-order valence-corrected chi connectivity index (χ3v) is 6.98. The molecule has 0 saturated carbocycles. The predicted molar refractivity (Wildman–Crippen MR) is 141 cm³/mol. The smallest absolute Gasteiger partial charge is 0.414 e. The highest BCUT2D eigenvalue weighted by molar-refractivity contribution is 6.25. The molecule has 0 radical (unpaired) electrons. The monoisotopic (exact) mass is 519 g/mol. The van der Waals surface area contributed by atoms with Gasteiger partial charge in [0.15, 0.2) is 11.2 Å². The van der Waals surface area contributed by atoms with Gasteiger partial charge in [-0.1, -0.05) is 23.8 Å². The van der Waals surface area contributed by atoms with Crippen molar-refractivity contribution in [1.29, 1.82) is 0 Å². The van der Waals surface area contributed by atoms with Gasteiger partial charge in [-0.2, -0.15) is 0 Å². The third-order valence-electron chi connectivity index (χ3n) is 6.98. The quantitative estimate of drug-likeness (QED) is 0.251. The Morgan fingerprint density at radius 1 is 0.947 bits per heavy atom. The lowest BCUT2D eigenvalue weighted by Crippen LogP contribution is -2.51. The van der Waals surface area contributed by atoms with Crippen LogP contribution >= 0.6 is 0 Å². The maximum absolute atomic E-state index is 13.3. The van der Waals surface area contributed by atoms with E-state index in [2.05, 4.69) is 48.4 Å². The van der Waals surface area contributed by atoms with Crippen LogP contribution < -0.4 is 16.2 Å². The Morgan fingerprint density at radius 2 is 1.68 bits per heavy atom. The van der Waals surface area contributed by atoms with Crippen LogP contribution in [0.2, 0.25) is 0 Å². The number of hydrogen-bond donors (Lipinski definition) is 0. The highest BCUT2D eigenvalue weighted by atomic mass is 16.5. The lowest BCUT2D eigenvalue weighted by molar-refractivity contribution is 0.0171. The molecule has 10 heteroatoms. The highest BCUT2D eigenvalue weighted by Crippen LogP contribution is 2.30. The largest absolute Gasteiger partial charge is 0.423 e. The number of fused-ring (bicyclic) bond motifs is 3. The van der Waals surface area contributed by atoms with Crippen molar-refractivity contribution in [3.63, 3.8) is 0 Å². The van der Waals surface area contributed by atoms with Crippen molar-refractivity contribution in [2.45, 2.75) is 20.0 Å². The number of carbonyl (C=O) groups is 2. The van der Waals surface area contributed by atoms with Crippen molar-refractivity contribution >= 4 is 28.7 Å². The number of ether oxygens (including phenoxy) is 1. The van der Waals surface area contributed by atoms with Gasteiger partial charge in [-0.15, -0.1) is 6.58 Å². The van der Waals surface area contributed by atoms with E-state index in [1.54, 1.807) is 6.08 Å². The van der Waals surface area contributed by atoms with Crippen molar-refractivity contribution < 1.29 is 23.2 Å². The molecule has 10 nitrogen and oxygen atoms in total. The van der Waals surface area contributed by atoms with Crippen LogP contribution in [0.4, 0.5) is 5.69 Å². The van der Waals surface area contributed by atoms with Gasteiger partial charge in [0.1, 0.15) is 0 Å². The predicted octanol–water partition coefficient (Wildman–Crippen LogP) is 2.35. The number of imide groups is 1. The van der Waals surface area contributed by atoms with Gasteiger partial charge < -0.3 is 18.5 Å². The molecule has 3 heterocycles. The van der Waals surface area contributed by atoms with Crippen LogP contribution in [0.15, 0.2) is 61.4 Å². The van der Waals surface area contributed by atoms with Gasteiger partial charge in [-0.05, 0) is 37.6 Å². The first-order chi connectivity index (χ1) is 18.3. The summed E-state index contributed by atoms with van der Waals surface area (Å²) in [6, 6.07) is 9.21. The number of nitrogens with zero attached hydrogens (tertiary/aromatic N) is 3. The number of benzene rings is 2. The summed E-state index contributed by atoms with van der Waals surface area (Å²) in [5, 5.41) is 0. The van der Waals surface area contributed by atoms with Crippen molar-refractivity contribution in [3.05, 3.63) is 86.1 Å². The lowest BCUT2D eigenvalue weighted by Gasteiger charge is -2.38. The molecule has 0 aliphatic carbocycles. The Kier molecular flexibility index (Phi) is 7.00. The molecular weight excluding hydrogens is 490 g/mol. The molecule has 5 rings (SSSR count). The zero-order valence-corrected chi connectivity index (χ0v) is 21.4. The molecule has 0 bridgehead atoms. The van der Waals surface area contributed by atoms with Gasteiger partial charge in [0.05, 0.1) is 30.4 Å². The highest BCUT2D eigenvalue weighted by Gasteiger charge is 2.40. The van der Waals surface area contributed by atoms with Gasteiger partial charge in [0.2, 0.25) is 0 Å². The molecule has 2 amide bonds. The van der Waals surface area contributed by atoms with E-state index >= 15 is 0 Å². The first-order valence-electron chi connectivity index (χ1n) is 12.5. The van der Waals surface area contributed by atoms with Crippen molar-refractivity contribution in [1.82, 2.24) is 9.80 Å². The summed E-state index contributed by atoms with van der Waals surface area (Å²) in [5.41, 5.74) is 1.02. The van der Waals surface area contributed by atoms with E-state index in [9.17, 15) is 19.2 Å². The minimum absolute atomic E-state index is 0.0139.